The minimum atomic E-state index is -0.298. The number of carbonyl (C=O) groups is 1. The number of hydrogen-bond acceptors (Lipinski definition) is 3. The molecule has 15 heavy (non-hydrogen) atoms. The first-order chi connectivity index (χ1) is 7.15. The van der Waals surface area contributed by atoms with Crippen LogP contribution in [0.25, 0.3) is 0 Å². The Labute approximate surface area is 95.5 Å². The van der Waals surface area contributed by atoms with Gasteiger partial charge in [0.1, 0.15) is 5.88 Å². The van der Waals surface area contributed by atoms with E-state index in [1.165, 1.54) is 0 Å². The highest BCUT2D eigenvalue weighted by Crippen LogP contribution is 2.09. The standard InChI is InChI=1S/C10H18ClNO3/c1-8(2)12(9(13)6-11)7-10-14-4-3-5-15-10/h8,10H,3-7H2,1-2H3. The molecule has 0 saturated carbocycles. The number of nitrogens with zero attached hydrogens (tertiary/aromatic N) is 1. The van der Waals surface area contributed by atoms with Crippen molar-refractivity contribution in [2.45, 2.75) is 32.6 Å². The molecule has 0 radical (unpaired) electrons. The maximum Gasteiger partial charge on any atom is 0.237 e. The molecule has 0 aromatic rings. The second-order valence-corrected chi connectivity index (χ2v) is 4.07. The first kappa shape index (κ1) is 12.7. The highest BCUT2D eigenvalue weighted by Gasteiger charge is 2.23. The molecule has 88 valence electrons. The van der Waals surface area contributed by atoms with E-state index in [4.69, 9.17) is 21.1 Å². The number of amides is 1. The summed E-state index contributed by atoms with van der Waals surface area (Å²) in [6.07, 6.45) is 0.620. The third-order valence-corrected chi connectivity index (χ3v) is 2.53. The van der Waals surface area contributed by atoms with Crippen LogP contribution in [-0.4, -0.2) is 48.8 Å². The maximum absolute atomic E-state index is 11.5. The van der Waals surface area contributed by atoms with Crippen LogP contribution in [0, 0.1) is 0 Å². The molecule has 5 heteroatoms. The molecule has 0 atom stereocenters. The van der Waals surface area contributed by atoms with Crippen LogP contribution in [-0.2, 0) is 14.3 Å². The lowest BCUT2D eigenvalue weighted by Gasteiger charge is -2.32. The summed E-state index contributed by atoms with van der Waals surface area (Å²) >= 11 is 5.54. The van der Waals surface area contributed by atoms with E-state index >= 15 is 0 Å². The van der Waals surface area contributed by atoms with Crippen LogP contribution in [0.3, 0.4) is 0 Å². The molecule has 1 amide bonds. The van der Waals surface area contributed by atoms with Crippen molar-refractivity contribution in [3.8, 4) is 0 Å². The average Bonchev–Trinajstić information content (AvgIpc) is 2.26. The second kappa shape index (κ2) is 6.30. The number of ether oxygens (including phenoxy) is 2. The molecule has 0 bridgehead atoms. The summed E-state index contributed by atoms with van der Waals surface area (Å²) in [5.74, 6) is -0.0744. The molecular formula is C10H18ClNO3. The third-order valence-electron chi connectivity index (χ3n) is 2.30. The number of halogens is 1. The minimum absolute atomic E-state index is 0.00486. The number of alkyl halides is 1. The lowest BCUT2D eigenvalue weighted by Crippen LogP contribution is -2.45. The van der Waals surface area contributed by atoms with E-state index < -0.39 is 0 Å². The fourth-order valence-corrected chi connectivity index (χ4v) is 1.63. The van der Waals surface area contributed by atoms with Crippen molar-refractivity contribution in [1.82, 2.24) is 4.90 Å². The van der Waals surface area contributed by atoms with Gasteiger partial charge in [0.15, 0.2) is 6.29 Å². The Hall–Kier alpha value is -0.320. The molecular weight excluding hydrogens is 218 g/mol. The van der Waals surface area contributed by atoms with Gasteiger partial charge in [-0.3, -0.25) is 4.79 Å². The Morgan fingerprint density at radius 1 is 1.47 bits per heavy atom. The fourth-order valence-electron chi connectivity index (χ4n) is 1.48. The van der Waals surface area contributed by atoms with Gasteiger partial charge in [0.25, 0.3) is 0 Å². The van der Waals surface area contributed by atoms with Gasteiger partial charge in [-0.2, -0.15) is 0 Å². The Kier molecular flexibility index (Phi) is 5.36. The molecule has 1 heterocycles. The Bertz CT molecular complexity index is 205. The van der Waals surface area contributed by atoms with Crippen molar-refractivity contribution >= 4 is 17.5 Å². The van der Waals surface area contributed by atoms with Gasteiger partial charge in [0.05, 0.1) is 19.8 Å². The van der Waals surface area contributed by atoms with E-state index in [2.05, 4.69) is 0 Å². The van der Waals surface area contributed by atoms with E-state index in [0.717, 1.165) is 6.42 Å². The Morgan fingerprint density at radius 3 is 2.53 bits per heavy atom. The fraction of sp³-hybridized carbons (Fsp3) is 0.900. The molecule has 0 aliphatic carbocycles. The summed E-state index contributed by atoms with van der Waals surface area (Å²) in [5, 5.41) is 0. The van der Waals surface area contributed by atoms with Gasteiger partial charge in [-0.15, -0.1) is 11.6 Å². The summed E-state index contributed by atoms with van der Waals surface area (Å²) in [5.41, 5.74) is 0. The van der Waals surface area contributed by atoms with Gasteiger partial charge in [-0.25, -0.2) is 0 Å². The zero-order valence-electron chi connectivity index (χ0n) is 9.24. The number of carbonyl (C=O) groups excluding carboxylic acids is 1. The first-order valence-electron chi connectivity index (χ1n) is 5.23. The molecule has 0 unspecified atom stereocenters. The summed E-state index contributed by atoms with van der Waals surface area (Å²) in [4.78, 5) is 13.2. The van der Waals surface area contributed by atoms with Crippen LogP contribution in [0.2, 0.25) is 0 Å². The van der Waals surface area contributed by atoms with Gasteiger partial charge in [0, 0.05) is 6.04 Å². The van der Waals surface area contributed by atoms with E-state index in [0.29, 0.717) is 19.8 Å². The predicted octanol–water partition coefficient (Wildman–Crippen LogP) is 1.23. The van der Waals surface area contributed by atoms with Crippen LogP contribution in [0.4, 0.5) is 0 Å². The lowest BCUT2D eigenvalue weighted by molar-refractivity contribution is -0.190. The van der Waals surface area contributed by atoms with Gasteiger partial charge in [-0.05, 0) is 20.3 Å². The topological polar surface area (TPSA) is 38.8 Å². The zero-order valence-corrected chi connectivity index (χ0v) is 10.00. The molecule has 4 nitrogen and oxygen atoms in total. The third kappa shape index (κ3) is 3.97. The molecule has 1 aliphatic heterocycles. The summed E-state index contributed by atoms with van der Waals surface area (Å²) in [6, 6.07) is 0.116. The molecule has 0 spiro atoms. The average molecular weight is 236 g/mol. The molecule has 1 rings (SSSR count). The summed E-state index contributed by atoms with van der Waals surface area (Å²) in [6.45, 7) is 5.76. The number of rotatable bonds is 4. The molecule has 1 saturated heterocycles. The van der Waals surface area contributed by atoms with Crippen LogP contribution in [0.15, 0.2) is 0 Å². The van der Waals surface area contributed by atoms with Crippen molar-refractivity contribution in [2.24, 2.45) is 0 Å². The molecule has 1 fully saturated rings. The van der Waals surface area contributed by atoms with E-state index in [-0.39, 0.29) is 24.1 Å². The highest BCUT2D eigenvalue weighted by atomic mass is 35.5. The van der Waals surface area contributed by atoms with Gasteiger partial charge in [0.2, 0.25) is 5.91 Å². The molecule has 1 aliphatic rings. The van der Waals surface area contributed by atoms with Crippen molar-refractivity contribution in [3.05, 3.63) is 0 Å². The van der Waals surface area contributed by atoms with Crippen molar-refractivity contribution in [1.29, 1.82) is 0 Å². The normalized spacial score (nSPS) is 18.1. The van der Waals surface area contributed by atoms with Crippen LogP contribution in [0.1, 0.15) is 20.3 Å². The van der Waals surface area contributed by atoms with E-state index in [1.807, 2.05) is 13.8 Å². The molecule has 0 N–H and O–H groups in total. The highest BCUT2D eigenvalue weighted by molar-refractivity contribution is 6.27. The summed E-state index contributed by atoms with van der Waals surface area (Å²) < 4.78 is 10.8. The summed E-state index contributed by atoms with van der Waals surface area (Å²) in [7, 11) is 0. The second-order valence-electron chi connectivity index (χ2n) is 3.80. The molecule has 0 aromatic heterocycles. The van der Waals surface area contributed by atoms with Gasteiger partial charge >= 0.3 is 0 Å². The molecule has 0 aromatic carbocycles. The smallest absolute Gasteiger partial charge is 0.237 e. The minimum Gasteiger partial charge on any atom is -0.351 e. The maximum atomic E-state index is 11.5. The first-order valence-corrected chi connectivity index (χ1v) is 5.77. The van der Waals surface area contributed by atoms with Crippen LogP contribution in [0.5, 0.6) is 0 Å². The zero-order chi connectivity index (χ0) is 11.3. The largest absolute Gasteiger partial charge is 0.351 e. The predicted molar refractivity (Wildman–Crippen MR) is 57.9 cm³/mol. The van der Waals surface area contributed by atoms with E-state index in [9.17, 15) is 4.79 Å². The van der Waals surface area contributed by atoms with Gasteiger partial charge < -0.3 is 14.4 Å². The lowest BCUT2D eigenvalue weighted by atomic mass is 10.3. The van der Waals surface area contributed by atoms with Crippen molar-refractivity contribution < 1.29 is 14.3 Å². The Balaban J connectivity index is 2.46. The van der Waals surface area contributed by atoms with E-state index in [1.54, 1.807) is 4.90 Å². The SMILES string of the molecule is CC(C)N(CC1OCCCO1)C(=O)CCl. The Morgan fingerprint density at radius 2 is 2.07 bits per heavy atom. The van der Waals surface area contributed by atoms with Crippen LogP contribution < -0.4 is 0 Å². The monoisotopic (exact) mass is 235 g/mol. The van der Waals surface area contributed by atoms with Crippen molar-refractivity contribution in [3.63, 3.8) is 0 Å². The number of hydrogen-bond donors (Lipinski definition) is 0. The van der Waals surface area contributed by atoms with Crippen LogP contribution >= 0.6 is 11.6 Å². The van der Waals surface area contributed by atoms with Gasteiger partial charge in [-0.1, -0.05) is 0 Å². The van der Waals surface area contributed by atoms with Crippen molar-refractivity contribution in [2.75, 3.05) is 25.6 Å². The quantitative estimate of drug-likeness (QED) is 0.688.